The SMILES string of the molecule is CC(C)C[C@H](N)C(=O)N(C)C(C)c1ccc(F)c(F)c1. The summed E-state index contributed by atoms with van der Waals surface area (Å²) in [6.45, 7) is 5.74. The van der Waals surface area contributed by atoms with E-state index >= 15 is 0 Å². The summed E-state index contributed by atoms with van der Waals surface area (Å²) in [5.74, 6) is -1.69. The largest absolute Gasteiger partial charge is 0.338 e. The van der Waals surface area contributed by atoms with Crippen LogP contribution in [0.15, 0.2) is 18.2 Å². The van der Waals surface area contributed by atoms with Crippen molar-refractivity contribution in [1.82, 2.24) is 4.90 Å². The molecule has 5 heteroatoms. The molecule has 0 fully saturated rings. The first-order valence-corrected chi connectivity index (χ1v) is 6.71. The second-order valence-electron chi connectivity index (χ2n) is 5.53. The van der Waals surface area contributed by atoms with Gasteiger partial charge in [-0.05, 0) is 37.0 Å². The average Bonchev–Trinajstić information content (AvgIpc) is 2.38. The van der Waals surface area contributed by atoms with Crippen LogP contribution in [0.3, 0.4) is 0 Å². The Morgan fingerprint density at radius 3 is 2.35 bits per heavy atom. The maximum absolute atomic E-state index is 13.2. The van der Waals surface area contributed by atoms with E-state index in [-0.39, 0.29) is 11.9 Å². The van der Waals surface area contributed by atoms with E-state index in [1.165, 1.54) is 11.0 Å². The van der Waals surface area contributed by atoms with Crippen LogP contribution in [-0.2, 0) is 4.79 Å². The molecule has 1 aromatic carbocycles. The van der Waals surface area contributed by atoms with Gasteiger partial charge in [-0.1, -0.05) is 19.9 Å². The molecular formula is C15H22F2N2O. The molecule has 1 rings (SSSR count). The van der Waals surface area contributed by atoms with Gasteiger partial charge in [0.25, 0.3) is 0 Å². The van der Waals surface area contributed by atoms with Crippen molar-refractivity contribution in [2.24, 2.45) is 11.7 Å². The molecule has 20 heavy (non-hydrogen) atoms. The van der Waals surface area contributed by atoms with Crippen molar-refractivity contribution in [2.45, 2.75) is 39.3 Å². The molecule has 0 saturated heterocycles. The molecule has 0 bridgehead atoms. The summed E-state index contributed by atoms with van der Waals surface area (Å²) in [4.78, 5) is 13.7. The molecule has 0 aliphatic carbocycles. The van der Waals surface area contributed by atoms with Crippen molar-refractivity contribution >= 4 is 5.91 Å². The molecule has 0 heterocycles. The van der Waals surface area contributed by atoms with Crippen LogP contribution in [0.4, 0.5) is 8.78 Å². The van der Waals surface area contributed by atoms with Gasteiger partial charge >= 0.3 is 0 Å². The monoisotopic (exact) mass is 284 g/mol. The third kappa shape index (κ3) is 4.00. The minimum absolute atomic E-state index is 0.198. The van der Waals surface area contributed by atoms with Crippen molar-refractivity contribution in [1.29, 1.82) is 0 Å². The van der Waals surface area contributed by atoms with E-state index in [1.807, 2.05) is 13.8 Å². The fourth-order valence-corrected chi connectivity index (χ4v) is 2.06. The summed E-state index contributed by atoms with van der Waals surface area (Å²) in [6, 6.07) is 2.70. The standard InChI is InChI=1S/C15H22F2N2O/c1-9(2)7-14(18)15(20)19(4)10(3)11-5-6-12(16)13(17)8-11/h5-6,8-10,14H,7,18H2,1-4H3/t10?,14-/m0/s1. The van der Waals surface area contributed by atoms with Gasteiger partial charge in [0.15, 0.2) is 11.6 Å². The van der Waals surface area contributed by atoms with Crippen LogP contribution in [0, 0.1) is 17.6 Å². The Hall–Kier alpha value is -1.49. The summed E-state index contributed by atoms with van der Waals surface area (Å²) in [7, 11) is 1.62. The highest BCUT2D eigenvalue weighted by Gasteiger charge is 2.24. The highest BCUT2D eigenvalue weighted by atomic mass is 19.2. The smallest absolute Gasteiger partial charge is 0.239 e. The lowest BCUT2D eigenvalue weighted by Gasteiger charge is -2.28. The van der Waals surface area contributed by atoms with E-state index in [2.05, 4.69) is 0 Å². The van der Waals surface area contributed by atoms with E-state index in [4.69, 9.17) is 5.73 Å². The molecule has 2 N–H and O–H groups in total. The summed E-state index contributed by atoms with van der Waals surface area (Å²) in [5, 5.41) is 0. The molecule has 1 unspecified atom stereocenters. The maximum atomic E-state index is 13.2. The topological polar surface area (TPSA) is 46.3 Å². The van der Waals surface area contributed by atoms with Crippen molar-refractivity contribution < 1.29 is 13.6 Å². The number of carbonyl (C=O) groups is 1. The summed E-state index contributed by atoms with van der Waals surface area (Å²) in [5.41, 5.74) is 6.40. The average molecular weight is 284 g/mol. The molecule has 0 spiro atoms. The molecule has 112 valence electrons. The zero-order chi connectivity index (χ0) is 15.4. The Labute approximate surface area is 118 Å². The first-order valence-electron chi connectivity index (χ1n) is 6.71. The number of carbonyl (C=O) groups excluding carboxylic acids is 1. The molecule has 3 nitrogen and oxygen atoms in total. The van der Waals surface area contributed by atoms with Crippen LogP contribution < -0.4 is 5.73 Å². The molecule has 0 aromatic heterocycles. The van der Waals surface area contributed by atoms with E-state index < -0.39 is 17.7 Å². The Kier molecular flexibility index (Phi) is 5.62. The number of rotatable bonds is 5. The Balaban J connectivity index is 2.82. The van der Waals surface area contributed by atoms with Crippen molar-refractivity contribution in [3.63, 3.8) is 0 Å². The van der Waals surface area contributed by atoms with Crippen LogP contribution in [-0.4, -0.2) is 23.9 Å². The lowest BCUT2D eigenvalue weighted by Crippen LogP contribution is -2.43. The van der Waals surface area contributed by atoms with E-state index in [1.54, 1.807) is 14.0 Å². The fraction of sp³-hybridized carbons (Fsp3) is 0.533. The van der Waals surface area contributed by atoms with E-state index in [0.29, 0.717) is 17.9 Å². The van der Waals surface area contributed by atoms with Crippen LogP contribution in [0.25, 0.3) is 0 Å². The fourth-order valence-electron chi connectivity index (χ4n) is 2.06. The van der Waals surface area contributed by atoms with Gasteiger partial charge in [0.1, 0.15) is 0 Å². The number of nitrogens with zero attached hydrogens (tertiary/aromatic N) is 1. The van der Waals surface area contributed by atoms with Gasteiger partial charge in [0.05, 0.1) is 12.1 Å². The molecule has 0 saturated carbocycles. The number of halogens is 2. The minimum Gasteiger partial charge on any atom is -0.338 e. The normalized spacial score (nSPS) is 14.2. The van der Waals surface area contributed by atoms with E-state index in [9.17, 15) is 13.6 Å². The Morgan fingerprint density at radius 1 is 1.25 bits per heavy atom. The Morgan fingerprint density at radius 2 is 1.85 bits per heavy atom. The number of nitrogens with two attached hydrogens (primary N) is 1. The van der Waals surface area contributed by atoms with Crippen LogP contribution in [0.5, 0.6) is 0 Å². The lowest BCUT2D eigenvalue weighted by molar-refractivity contribution is -0.133. The molecule has 0 aliphatic heterocycles. The molecule has 0 radical (unpaired) electrons. The Bertz CT molecular complexity index is 477. The number of hydrogen-bond acceptors (Lipinski definition) is 2. The van der Waals surface area contributed by atoms with Gasteiger partial charge in [-0.15, -0.1) is 0 Å². The van der Waals surface area contributed by atoms with Crippen molar-refractivity contribution in [3.05, 3.63) is 35.4 Å². The second kappa shape index (κ2) is 6.79. The third-order valence-electron chi connectivity index (χ3n) is 3.40. The van der Waals surface area contributed by atoms with Crippen LogP contribution in [0.2, 0.25) is 0 Å². The zero-order valence-electron chi connectivity index (χ0n) is 12.4. The highest BCUT2D eigenvalue weighted by Crippen LogP contribution is 2.22. The molecule has 1 amide bonds. The molecule has 2 atom stereocenters. The second-order valence-corrected chi connectivity index (χ2v) is 5.53. The molecule has 1 aromatic rings. The van der Waals surface area contributed by atoms with Gasteiger partial charge in [0, 0.05) is 7.05 Å². The van der Waals surface area contributed by atoms with Gasteiger partial charge < -0.3 is 10.6 Å². The zero-order valence-corrected chi connectivity index (χ0v) is 12.4. The third-order valence-corrected chi connectivity index (χ3v) is 3.40. The van der Waals surface area contributed by atoms with Crippen LogP contribution >= 0.6 is 0 Å². The first kappa shape index (κ1) is 16.6. The summed E-state index contributed by atoms with van der Waals surface area (Å²) < 4.78 is 26.1. The number of benzene rings is 1. The maximum Gasteiger partial charge on any atom is 0.239 e. The summed E-state index contributed by atoms with van der Waals surface area (Å²) >= 11 is 0. The minimum atomic E-state index is -0.915. The van der Waals surface area contributed by atoms with Crippen molar-refractivity contribution in [2.75, 3.05) is 7.05 Å². The number of likely N-dealkylation sites (N-methyl/N-ethyl adjacent to an activating group) is 1. The number of hydrogen-bond donors (Lipinski definition) is 1. The predicted molar refractivity (Wildman–Crippen MR) is 75.0 cm³/mol. The van der Waals surface area contributed by atoms with Crippen molar-refractivity contribution in [3.8, 4) is 0 Å². The van der Waals surface area contributed by atoms with Gasteiger partial charge in [-0.3, -0.25) is 4.79 Å². The molecular weight excluding hydrogens is 262 g/mol. The highest BCUT2D eigenvalue weighted by molar-refractivity contribution is 5.81. The predicted octanol–water partition coefficient (Wildman–Crippen LogP) is 2.86. The van der Waals surface area contributed by atoms with Gasteiger partial charge in [-0.2, -0.15) is 0 Å². The quantitative estimate of drug-likeness (QED) is 0.903. The van der Waals surface area contributed by atoms with Gasteiger partial charge in [0.2, 0.25) is 5.91 Å². The summed E-state index contributed by atoms with van der Waals surface area (Å²) in [6.07, 6.45) is 0.591. The van der Waals surface area contributed by atoms with E-state index in [0.717, 1.165) is 12.1 Å². The number of amides is 1. The molecule has 0 aliphatic rings. The van der Waals surface area contributed by atoms with Crippen LogP contribution in [0.1, 0.15) is 38.8 Å². The lowest BCUT2D eigenvalue weighted by atomic mass is 10.0. The first-order chi connectivity index (χ1) is 9.23. The van der Waals surface area contributed by atoms with Gasteiger partial charge in [-0.25, -0.2) is 8.78 Å².